The molecule has 0 aliphatic rings. The molecule has 0 saturated carbocycles. The maximum absolute atomic E-state index is 13.6. The number of hydrogen-bond donors (Lipinski definition) is 0. The van der Waals surface area contributed by atoms with E-state index in [1.807, 2.05) is 6.92 Å². The van der Waals surface area contributed by atoms with E-state index in [4.69, 9.17) is 14.0 Å². The number of methoxy groups -OCH3 is 1. The van der Waals surface area contributed by atoms with Gasteiger partial charge in [-0.1, -0.05) is 5.16 Å². The van der Waals surface area contributed by atoms with E-state index in [1.165, 1.54) is 20.2 Å². The molecule has 0 aliphatic carbocycles. The number of nitrogens with zero attached hydrogens (tertiary/aromatic N) is 3. The Balaban J connectivity index is 1.79. The molecule has 3 aromatic rings. The molecule has 10 heteroatoms. The van der Waals surface area contributed by atoms with Crippen LogP contribution in [0.25, 0.3) is 11.4 Å². The van der Waals surface area contributed by atoms with E-state index in [0.29, 0.717) is 18.0 Å². The number of rotatable bonds is 8. The lowest BCUT2D eigenvalue weighted by Crippen LogP contribution is -2.27. The molecular weight excluding hydrogens is 401 g/mol. The Morgan fingerprint density at radius 1 is 1.17 bits per heavy atom. The molecule has 0 N–H and O–H groups in total. The smallest absolute Gasteiger partial charge is 0.247 e. The van der Waals surface area contributed by atoms with Crippen molar-refractivity contribution in [2.75, 3.05) is 20.8 Å². The quantitative estimate of drug-likeness (QED) is 0.551. The van der Waals surface area contributed by atoms with E-state index in [0.717, 1.165) is 22.2 Å². The fourth-order valence-electron chi connectivity index (χ4n) is 2.60. The fraction of sp³-hybridized carbons (Fsp3) is 0.263. The van der Waals surface area contributed by atoms with Crippen LogP contribution in [0.1, 0.15) is 12.8 Å². The van der Waals surface area contributed by atoms with Gasteiger partial charge < -0.3 is 14.0 Å². The first kappa shape index (κ1) is 20.7. The van der Waals surface area contributed by atoms with Crippen LogP contribution in [0.4, 0.5) is 4.39 Å². The molecule has 0 radical (unpaired) electrons. The Bertz CT molecular complexity index is 1080. The summed E-state index contributed by atoms with van der Waals surface area (Å²) in [5.74, 6) is 0.481. The van der Waals surface area contributed by atoms with E-state index in [2.05, 4.69) is 10.1 Å². The molecule has 154 valence electrons. The van der Waals surface area contributed by atoms with Gasteiger partial charge in [0.25, 0.3) is 0 Å². The molecule has 29 heavy (non-hydrogen) atoms. The summed E-state index contributed by atoms with van der Waals surface area (Å²) in [5.41, 5.74) is 0.695. The number of halogens is 1. The lowest BCUT2D eigenvalue weighted by Gasteiger charge is -2.17. The fourth-order valence-corrected chi connectivity index (χ4v) is 3.88. The summed E-state index contributed by atoms with van der Waals surface area (Å²) < 4.78 is 55.8. The highest BCUT2D eigenvalue weighted by Crippen LogP contribution is 2.28. The molecule has 0 amide bonds. The minimum absolute atomic E-state index is 0.0406. The molecule has 0 spiro atoms. The maximum Gasteiger partial charge on any atom is 0.247 e. The second-order valence-corrected chi connectivity index (χ2v) is 8.04. The van der Waals surface area contributed by atoms with Gasteiger partial charge in [0.1, 0.15) is 22.2 Å². The van der Waals surface area contributed by atoms with E-state index in [1.54, 1.807) is 24.3 Å². The molecule has 0 bridgehead atoms. The minimum atomic E-state index is -4.05. The predicted octanol–water partition coefficient (Wildman–Crippen LogP) is 3.10. The van der Waals surface area contributed by atoms with Crippen LogP contribution in [0.5, 0.6) is 11.5 Å². The summed E-state index contributed by atoms with van der Waals surface area (Å²) in [7, 11) is -1.40. The lowest BCUT2D eigenvalue weighted by atomic mass is 10.2. The predicted molar refractivity (Wildman–Crippen MR) is 103 cm³/mol. The zero-order chi connectivity index (χ0) is 21.0. The van der Waals surface area contributed by atoms with Gasteiger partial charge in [0.05, 0.1) is 20.3 Å². The Morgan fingerprint density at radius 3 is 2.55 bits per heavy atom. The summed E-state index contributed by atoms with van der Waals surface area (Å²) >= 11 is 0. The van der Waals surface area contributed by atoms with Gasteiger partial charge in [0, 0.05) is 12.6 Å². The third kappa shape index (κ3) is 4.54. The van der Waals surface area contributed by atoms with E-state index >= 15 is 0 Å². The van der Waals surface area contributed by atoms with Gasteiger partial charge in [0.15, 0.2) is 0 Å². The summed E-state index contributed by atoms with van der Waals surface area (Å²) in [6.07, 6.45) is 0. The van der Waals surface area contributed by atoms with Gasteiger partial charge in [-0.3, -0.25) is 0 Å². The van der Waals surface area contributed by atoms with Crippen LogP contribution in [0.15, 0.2) is 51.9 Å². The largest absolute Gasteiger partial charge is 0.495 e. The summed E-state index contributed by atoms with van der Waals surface area (Å²) in [5, 5.41) is 3.88. The molecule has 1 heterocycles. The molecular formula is C19H20FN3O5S. The second kappa shape index (κ2) is 8.58. The van der Waals surface area contributed by atoms with Crippen molar-refractivity contribution in [2.45, 2.75) is 18.4 Å². The van der Waals surface area contributed by atoms with E-state index in [-0.39, 0.29) is 23.1 Å². The highest BCUT2D eigenvalue weighted by molar-refractivity contribution is 7.89. The number of hydrogen-bond acceptors (Lipinski definition) is 7. The highest BCUT2D eigenvalue weighted by Gasteiger charge is 2.27. The van der Waals surface area contributed by atoms with Gasteiger partial charge in [-0.05, 0) is 49.4 Å². The average Bonchev–Trinajstić information content (AvgIpc) is 3.17. The van der Waals surface area contributed by atoms with Crippen molar-refractivity contribution in [3.63, 3.8) is 0 Å². The van der Waals surface area contributed by atoms with Crippen LogP contribution in [-0.2, 0) is 16.6 Å². The molecule has 0 atom stereocenters. The van der Waals surface area contributed by atoms with Crippen LogP contribution in [0.3, 0.4) is 0 Å². The number of sulfonamides is 1. The molecule has 1 aromatic heterocycles. The van der Waals surface area contributed by atoms with Crippen LogP contribution in [0.2, 0.25) is 0 Å². The average molecular weight is 421 g/mol. The topological polar surface area (TPSA) is 94.8 Å². The third-order valence-corrected chi connectivity index (χ3v) is 5.89. The Hall–Kier alpha value is -2.98. The van der Waals surface area contributed by atoms with Crippen molar-refractivity contribution in [1.82, 2.24) is 14.4 Å². The minimum Gasteiger partial charge on any atom is -0.495 e. The van der Waals surface area contributed by atoms with Crippen molar-refractivity contribution in [2.24, 2.45) is 0 Å². The zero-order valence-electron chi connectivity index (χ0n) is 16.1. The highest BCUT2D eigenvalue weighted by atomic mass is 32.2. The van der Waals surface area contributed by atoms with Crippen LogP contribution in [0, 0.1) is 5.82 Å². The molecule has 0 saturated heterocycles. The molecule has 0 unspecified atom stereocenters. The van der Waals surface area contributed by atoms with Crippen molar-refractivity contribution >= 4 is 10.0 Å². The van der Waals surface area contributed by atoms with Gasteiger partial charge >= 0.3 is 0 Å². The first-order chi connectivity index (χ1) is 13.8. The maximum atomic E-state index is 13.6. The molecule has 2 aromatic carbocycles. The first-order valence-corrected chi connectivity index (χ1v) is 10.1. The van der Waals surface area contributed by atoms with Crippen molar-refractivity contribution in [3.8, 4) is 22.9 Å². The standard InChI is InChI=1S/C19H20FN3O5S/c1-4-27-15-8-5-13(6-9-15)19-21-18(28-22-19)12-23(2)29(24,25)17-11-14(20)7-10-16(17)26-3/h5-11H,4,12H2,1-3H3. The van der Waals surface area contributed by atoms with Crippen LogP contribution < -0.4 is 9.47 Å². The normalized spacial score (nSPS) is 11.6. The molecule has 3 rings (SSSR count). The van der Waals surface area contributed by atoms with Crippen LogP contribution in [-0.4, -0.2) is 43.6 Å². The van der Waals surface area contributed by atoms with Crippen molar-refractivity contribution in [1.29, 1.82) is 0 Å². The summed E-state index contributed by atoms with van der Waals surface area (Å²) in [4.78, 5) is 3.95. The van der Waals surface area contributed by atoms with Gasteiger partial charge in [-0.2, -0.15) is 9.29 Å². The monoisotopic (exact) mass is 421 g/mol. The Kier molecular flexibility index (Phi) is 6.14. The van der Waals surface area contributed by atoms with Gasteiger partial charge in [0.2, 0.25) is 21.7 Å². The molecule has 0 fully saturated rings. The zero-order valence-corrected chi connectivity index (χ0v) is 16.9. The number of ether oxygens (including phenoxy) is 2. The Labute approximate surface area is 167 Å². The second-order valence-electron chi connectivity index (χ2n) is 6.03. The van der Waals surface area contributed by atoms with Gasteiger partial charge in [-0.25, -0.2) is 12.8 Å². The lowest BCUT2D eigenvalue weighted by molar-refractivity contribution is 0.335. The Morgan fingerprint density at radius 2 is 1.90 bits per heavy atom. The van der Waals surface area contributed by atoms with E-state index in [9.17, 15) is 12.8 Å². The SMILES string of the molecule is CCOc1ccc(-c2noc(CN(C)S(=O)(=O)c3cc(F)ccc3OC)n2)cc1. The van der Waals surface area contributed by atoms with E-state index < -0.39 is 15.8 Å². The number of aromatic nitrogens is 2. The van der Waals surface area contributed by atoms with Crippen molar-refractivity contribution in [3.05, 3.63) is 54.2 Å². The van der Waals surface area contributed by atoms with Gasteiger partial charge in [-0.15, -0.1) is 0 Å². The molecule has 8 nitrogen and oxygen atoms in total. The van der Waals surface area contributed by atoms with Crippen LogP contribution >= 0.6 is 0 Å². The number of benzene rings is 2. The summed E-state index contributed by atoms with van der Waals surface area (Å²) in [6, 6.07) is 10.4. The molecule has 0 aliphatic heterocycles. The summed E-state index contributed by atoms with van der Waals surface area (Å²) in [6.45, 7) is 2.26. The third-order valence-electron chi connectivity index (χ3n) is 4.06. The first-order valence-electron chi connectivity index (χ1n) is 8.71. The van der Waals surface area contributed by atoms with Crippen molar-refractivity contribution < 1.29 is 26.8 Å².